The first-order valence-corrected chi connectivity index (χ1v) is 13.6. The number of nitrogens with two attached hydrogens (primary N) is 1. The number of fused-ring (bicyclic) bond motifs is 2. The minimum absolute atomic E-state index is 0.187. The van der Waals surface area contributed by atoms with Gasteiger partial charge in [-0.2, -0.15) is 0 Å². The molecule has 5 rings (SSSR count). The van der Waals surface area contributed by atoms with E-state index < -0.39 is 0 Å². The zero-order chi connectivity index (χ0) is 21.2. The maximum atomic E-state index is 14.0. The molecular weight excluding hydrogens is 402 g/mol. The van der Waals surface area contributed by atoms with Gasteiger partial charge in [-0.05, 0) is 63.0 Å². The first kappa shape index (κ1) is 21.2. The predicted octanol–water partition coefficient (Wildman–Crippen LogP) is 6.65. The molecule has 5 heteroatoms. The Bertz CT molecular complexity index is 906. The fraction of sp³-hybridized carbons (Fsp3) is 0.692. The second-order valence-electron chi connectivity index (χ2n) is 10.0. The lowest BCUT2D eigenvalue weighted by Crippen LogP contribution is -2.48. The minimum atomic E-state index is 0.187. The number of nitrogen functional groups attached to an aromatic ring is 1. The van der Waals surface area contributed by atoms with E-state index in [-0.39, 0.29) is 5.91 Å². The Balaban J connectivity index is 1.50. The highest BCUT2D eigenvalue weighted by atomic mass is 32.1. The number of aryl methyl sites for hydroxylation is 2. The minimum Gasteiger partial charge on any atom is -0.397 e. The first-order chi connectivity index (χ1) is 15.2. The Morgan fingerprint density at radius 3 is 2.10 bits per heavy atom. The van der Waals surface area contributed by atoms with E-state index in [1.165, 1.54) is 75.5 Å². The summed E-state index contributed by atoms with van der Waals surface area (Å²) in [5.74, 6) is 0.187. The van der Waals surface area contributed by atoms with Gasteiger partial charge in [0.2, 0.25) is 0 Å². The SMILES string of the molecule is Nc1c(C(=O)N(C2CCCCC2)C2CCCCC2)sc2nc3c(cc12)CCCCCC3. The number of thiophene rings is 1. The normalized spacial score (nSPS) is 21.4. The lowest BCUT2D eigenvalue weighted by Gasteiger charge is -2.41. The van der Waals surface area contributed by atoms with Gasteiger partial charge in [-0.15, -0.1) is 11.3 Å². The van der Waals surface area contributed by atoms with E-state index in [2.05, 4.69) is 11.0 Å². The quantitative estimate of drug-likeness (QED) is 0.583. The van der Waals surface area contributed by atoms with Crippen molar-refractivity contribution in [3.63, 3.8) is 0 Å². The lowest BCUT2D eigenvalue weighted by molar-refractivity contribution is 0.0454. The molecule has 0 saturated heterocycles. The van der Waals surface area contributed by atoms with E-state index in [1.807, 2.05) is 0 Å². The van der Waals surface area contributed by atoms with Crippen LogP contribution in [-0.4, -0.2) is 27.9 Å². The number of anilines is 1. The summed E-state index contributed by atoms with van der Waals surface area (Å²) in [5, 5.41) is 1.01. The van der Waals surface area contributed by atoms with Crippen molar-refractivity contribution in [2.75, 3.05) is 5.73 Å². The molecule has 0 radical (unpaired) electrons. The molecule has 2 aromatic heterocycles. The number of rotatable bonds is 3. The molecule has 0 unspecified atom stereocenters. The Kier molecular flexibility index (Phi) is 6.49. The number of hydrogen-bond donors (Lipinski definition) is 1. The van der Waals surface area contributed by atoms with E-state index in [4.69, 9.17) is 10.7 Å². The third-order valence-electron chi connectivity index (χ3n) is 7.86. The van der Waals surface area contributed by atoms with Gasteiger partial charge in [0.05, 0.1) is 5.69 Å². The van der Waals surface area contributed by atoms with Crippen LogP contribution in [0.5, 0.6) is 0 Å². The second-order valence-corrected chi connectivity index (χ2v) is 11.0. The molecule has 0 bridgehead atoms. The molecule has 2 fully saturated rings. The van der Waals surface area contributed by atoms with E-state index in [0.29, 0.717) is 17.8 Å². The standard InChI is InChI=1S/C26H37N3OS/c27-23-21-17-18-11-5-1-2-10-16-22(18)28-25(21)31-24(23)26(30)29(19-12-6-3-7-13-19)20-14-8-4-9-15-20/h17,19-20H,1-16,27H2. The molecule has 31 heavy (non-hydrogen) atoms. The number of hydrogen-bond acceptors (Lipinski definition) is 4. The number of aromatic nitrogens is 1. The summed E-state index contributed by atoms with van der Waals surface area (Å²) in [6, 6.07) is 3.04. The van der Waals surface area contributed by atoms with Gasteiger partial charge in [0, 0.05) is 23.2 Å². The maximum Gasteiger partial charge on any atom is 0.266 e. The van der Waals surface area contributed by atoms with Crippen LogP contribution in [0.2, 0.25) is 0 Å². The number of carbonyl (C=O) groups excluding carboxylic acids is 1. The fourth-order valence-electron chi connectivity index (χ4n) is 6.14. The van der Waals surface area contributed by atoms with Crippen molar-refractivity contribution in [3.8, 4) is 0 Å². The van der Waals surface area contributed by atoms with Crippen LogP contribution in [0.4, 0.5) is 5.69 Å². The summed E-state index contributed by atoms with van der Waals surface area (Å²) in [4.78, 5) is 23.0. The smallest absolute Gasteiger partial charge is 0.266 e. The molecule has 0 atom stereocenters. The molecule has 2 heterocycles. The van der Waals surface area contributed by atoms with Gasteiger partial charge in [-0.25, -0.2) is 4.98 Å². The molecule has 2 aromatic rings. The Morgan fingerprint density at radius 1 is 0.871 bits per heavy atom. The predicted molar refractivity (Wildman–Crippen MR) is 130 cm³/mol. The van der Waals surface area contributed by atoms with Crippen molar-refractivity contribution in [3.05, 3.63) is 22.2 Å². The highest BCUT2D eigenvalue weighted by Gasteiger charge is 2.35. The lowest BCUT2D eigenvalue weighted by atomic mass is 9.88. The Morgan fingerprint density at radius 2 is 1.45 bits per heavy atom. The number of carbonyl (C=O) groups is 1. The van der Waals surface area contributed by atoms with E-state index in [0.717, 1.165) is 53.6 Å². The van der Waals surface area contributed by atoms with E-state index in [1.54, 1.807) is 11.3 Å². The molecule has 1 amide bonds. The first-order valence-electron chi connectivity index (χ1n) is 12.8. The van der Waals surface area contributed by atoms with Crippen molar-refractivity contribution in [2.24, 2.45) is 0 Å². The largest absolute Gasteiger partial charge is 0.397 e. The fourth-order valence-corrected chi connectivity index (χ4v) is 7.18. The Hall–Kier alpha value is -1.62. The zero-order valence-corrected chi connectivity index (χ0v) is 19.7. The van der Waals surface area contributed by atoms with Gasteiger partial charge in [0.15, 0.2) is 0 Å². The summed E-state index contributed by atoms with van der Waals surface area (Å²) < 4.78 is 0. The summed E-state index contributed by atoms with van der Waals surface area (Å²) >= 11 is 1.55. The van der Waals surface area contributed by atoms with Gasteiger partial charge in [0.1, 0.15) is 9.71 Å². The molecule has 3 aliphatic rings. The van der Waals surface area contributed by atoms with Gasteiger partial charge in [0.25, 0.3) is 5.91 Å². The van der Waals surface area contributed by atoms with Gasteiger partial charge in [-0.1, -0.05) is 51.4 Å². The topological polar surface area (TPSA) is 59.2 Å². The van der Waals surface area contributed by atoms with Crippen molar-refractivity contribution in [1.29, 1.82) is 0 Å². The van der Waals surface area contributed by atoms with Crippen LogP contribution in [0.3, 0.4) is 0 Å². The third-order valence-corrected chi connectivity index (χ3v) is 8.97. The van der Waals surface area contributed by atoms with Crippen LogP contribution in [0, 0.1) is 0 Å². The molecular formula is C26H37N3OS. The second kappa shape index (κ2) is 9.48. The van der Waals surface area contributed by atoms with Gasteiger partial charge >= 0.3 is 0 Å². The van der Waals surface area contributed by atoms with Crippen LogP contribution < -0.4 is 5.73 Å². The van der Waals surface area contributed by atoms with Crippen LogP contribution >= 0.6 is 11.3 Å². The van der Waals surface area contributed by atoms with Crippen LogP contribution in [0.25, 0.3) is 10.2 Å². The number of pyridine rings is 1. The monoisotopic (exact) mass is 439 g/mol. The third kappa shape index (κ3) is 4.35. The molecule has 4 nitrogen and oxygen atoms in total. The van der Waals surface area contributed by atoms with Crippen LogP contribution in [0.1, 0.15) is 111 Å². The molecule has 2 saturated carbocycles. The van der Waals surface area contributed by atoms with E-state index >= 15 is 0 Å². The average Bonchev–Trinajstić information content (AvgIpc) is 3.11. The van der Waals surface area contributed by atoms with Crippen molar-refractivity contribution < 1.29 is 4.79 Å². The van der Waals surface area contributed by atoms with Crippen molar-refractivity contribution >= 4 is 33.1 Å². The van der Waals surface area contributed by atoms with Crippen LogP contribution in [-0.2, 0) is 12.8 Å². The van der Waals surface area contributed by atoms with Gasteiger partial charge in [-0.3, -0.25) is 4.79 Å². The summed E-state index contributed by atoms with van der Waals surface area (Å²) in [5.41, 5.74) is 9.94. The van der Waals surface area contributed by atoms with Crippen LogP contribution in [0.15, 0.2) is 6.07 Å². The van der Waals surface area contributed by atoms with Crippen molar-refractivity contribution in [1.82, 2.24) is 9.88 Å². The summed E-state index contributed by atoms with van der Waals surface area (Å²) in [6.45, 7) is 0. The van der Waals surface area contributed by atoms with E-state index in [9.17, 15) is 4.79 Å². The molecule has 3 aliphatic carbocycles. The molecule has 0 aromatic carbocycles. The average molecular weight is 440 g/mol. The highest BCUT2D eigenvalue weighted by molar-refractivity contribution is 7.21. The molecule has 2 N–H and O–H groups in total. The molecule has 168 valence electrons. The summed E-state index contributed by atoms with van der Waals surface area (Å²) in [7, 11) is 0. The highest BCUT2D eigenvalue weighted by Crippen LogP contribution is 2.38. The molecule has 0 aliphatic heterocycles. The zero-order valence-electron chi connectivity index (χ0n) is 18.8. The van der Waals surface area contributed by atoms with Crippen molar-refractivity contribution in [2.45, 2.75) is 115 Å². The maximum absolute atomic E-state index is 14.0. The molecule has 0 spiro atoms. The summed E-state index contributed by atoms with van der Waals surface area (Å²) in [6.07, 6.45) is 19.4. The number of nitrogens with zero attached hydrogens (tertiary/aromatic N) is 2. The number of amides is 1. The Labute approximate surface area is 190 Å². The van der Waals surface area contributed by atoms with Gasteiger partial charge < -0.3 is 10.6 Å².